The lowest BCUT2D eigenvalue weighted by molar-refractivity contribution is 0.382. The molecule has 0 saturated heterocycles. The predicted octanol–water partition coefficient (Wildman–Crippen LogP) is 2.16. The zero-order valence-electron chi connectivity index (χ0n) is 4.63. The molecular weight excluding hydrogens is 217 g/mol. The van der Waals surface area contributed by atoms with E-state index in [2.05, 4.69) is 27.8 Å². The molecule has 0 spiro atoms. The smallest absolute Gasteiger partial charge is 0.0397 e. The summed E-state index contributed by atoms with van der Waals surface area (Å²) in [5.41, 5.74) is 6.56. The third-order valence-corrected chi connectivity index (χ3v) is 1.00. The second-order valence-electron chi connectivity index (χ2n) is 1.13. The molecule has 0 aliphatic heterocycles. The molecule has 0 aliphatic carbocycles. The average molecular weight is 225 g/mol. The summed E-state index contributed by atoms with van der Waals surface area (Å²) in [5, 5.41) is 4.72. The zero-order valence-corrected chi connectivity index (χ0v) is 6.79. The fourth-order valence-electron chi connectivity index (χ4n) is 0.274. The molecule has 1 N–H and O–H groups in total. The van der Waals surface area contributed by atoms with E-state index in [1.165, 1.54) is 5.01 Å². The van der Waals surface area contributed by atoms with Crippen molar-refractivity contribution in [3.05, 3.63) is 10.3 Å². The van der Waals surface area contributed by atoms with Gasteiger partial charge in [-0.2, -0.15) is 5.53 Å². The highest BCUT2D eigenvalue weighted by Gasteiger charge is 1.84. The summed E-state index contributed by atoms with van der Waals surface area (Å²) in [7, 11) is 0. The Bertz CT molecular complexity index is 91.3. The maximum atomic E-state index is 6.56. The lowest BCUT2D eigenvalue weighted by Crippen LogP contribution is -2.05. The third-order valence-electron chi connectivity index (χ3n) is 0.681. The zero-order chi connectivity index (χ0) is 6.41. The van der Waals surface area contributed by atoms with Crippen LogP contribution in [0.5, 0.6) is 0 Å². The highest BCUT2D eigenvalue weighted by molar-refractivity contribution is 14.1. The number of nitrogens with zero attached hydrogens (tertiary/aromatic N) is 2. The summed E-state index contributed by atoms with van der Waals surface area (Å²) in [6.45, 7) is 2.69. The summed E-state index contributed by atoms with van der Waals surface area (Å²) in [5.74, 6) is 0. The van der Waals surface area contributed by atoms with E-state index in [0.29, 0.717) is 0 Å². The molecule has 0 fully saturated rings. The maximum absolute atomic E-state index is 6.56. The number of hydrogen-bond acceptors (Lipinski definition) is 2. The number of halogens is 1. The first-order valence-corrected chi connectivity index (χ1v) is 3.50. The van der Waals surface area contributed by atoms with Gasteiger partial charge in [0, 0.05) is 12.7 Å². The van der Waals surface area contributed by atoms with Crippen LogP contribution in [0.2, 0.25) is 0 Å². The Morgan fingerprint density at radius 2 is 2.50 bits per heavy atom. The Hall–Kier alpha value is -0.130. The fourth-order valence-corrected chi connectivity index (χ4v) is 0.646. The van der Waals surface area contributed by atoms with Crippen LogP contribution in [0.4, 0.5) is 0 Å². The van der Waals surface area contributed by atoms with Crippen molar-refractivity contribution in [2.45, 2.75) is 6.92 Å². The van der Waals surface area contributed by atoms with Crippen molar-refractivity contribution in [1.82, 2.24) is 5.01 Å². The van der Waals surface area contributed by atoms with Crippen LogP contribution in [0.25, 0.3) is 0 Å². The van der Waals surface area contributed by atoms with Crippen molar-refractivity contribution in [1.29, 1.82) is 5.53 Å². The van der Waals surface area contributed by atoms with Gasteiger partial charge in [-0.25, -0.2) is 0 Å². The average Bonchev–Trinajstić information content (AvgIpc) is 1.83. The van der Waals surface area contributed by atoms with Crippen LogP contribution >= 0.6 is 22.6 Å². The predicted molar refractivity (Wildman–Crippen MR) is 40.7 cm³/mol. The van der Waals surface area contributed by atoms with Crippen LogP contribution in [0.1, 0.15) is 6.92 Å². The van der Waals surface area contributed by atoms with Gasteiger partial charge in [-0.1, -0.05) is 27.8 Å². The summed E-state index contributed by atoms with van der Waals surface area (Å²) in [4.78, 5) is 0. The summed E-state index contributed by atoms with van der Waals surface area (Å²) in [6, 6.07) is 0. The summed E-state index contributed by atoms with van der Waals surface area (Å²) in [6.07, 6.45) is 1.74. The van der Waals surface area contributed by atoms with Crippen molar-refractivity contribution in [3.63, 3.8) is 0 Å². The SMILES string of the molecule is CCN(/C=C\I)N=N. The van der Waals surface area contributed by atoms with Gasteiger partial charge in [0.25, 0.3) is 0 Å². The van der Waals surface area contributed by atoms with Crippen molar-refractivity contribution in [3.8, 4) is 0 Å². The largest absolute Gasteiger partial charge is 0.255 e. The van der Waals surface area contributed by atoms with Crippen molar-refractivity contribution < 1.29 is 0 Å². The second-order valence-corrected chi connectivity index (χ2v) is 1.85. The molecule has 0 rings (SSSR count). The van der Waals surface area contributed by atoms with E-state index in [-0.39, 0.29) is 0 Å². The Labute approximate surface area is 62.4 Å². The molecule has 8 heavy (non-hydrogen) atoms. The van der Waals surface area contributed by atoms with Crippen LogP contribution in [0.15, 0.2) is 15.5 Å². The molecule has 46 valence electrons. The molecule has 0 aromatic heterocycles. The Kier molecular flexibility index (Phi) is 4.93. The van der Waals surface area contributed by atoms with Gasteiger partial charge in [-0.05, 0) is 11.0 Å². The standard InChI is InChI=1S/C4H8IN3/c1-2-8(7-6)4-3-5/h3-4,6H,2H2,1H3/b4-3-,7-6?. The number of nitrogens with one attached hydrogen (secondary N) is 1. The van der Waals surface area contributed by atoms with Crippen LogP contribution in [0.3, 0.4) is 0 Å². The highest BCUT2D eigenvalue weighted by atomic mass is 127. The summed E-state index contributed by atoms with van der Waals surface area (Å²) >= 11 is 2.08. The van der Waals surface area contributed by atoms with Gasteiger partial charge in [0.1, 0.15) is 0 Å². The molecule has 0 radical (unpaired) electrons. The molecule has 0 aliphatic rings. The molecule has 0 aromatic rings. The van der Waals surface area contributed by atoms with E-state index in [1.807, 2.05) is 11.0 Å². The van der Waals surface area contributed by atoms with E-state index in [9.17, 15) is 0 Å². The first-order valence-electron chi connectivity index (χ1n) is 2.26. The minimum absolute atomic E-state index is 0.753. The quantitative estimate of drug-likeness (QED) is 0.446. The third kappa shape index (κ3) is 2.95. The Morgan fingerprint density at radius 3 is 2.62 bits per heavy atom. The molecular formula is C4H8IN3. The van der Waals surface area contributed by atoms with Crippen LogP contribution in [-0.2, 0) is 0 Å². The Balaban J connectivity index is 3.52. The molecule has 0 bridgehead atoms. The molecule has 0 unspecified atom stereocenters. The van der Waals surface area contributed by atoms with Gasteiger partial charge in [-0.15, -0.1) is 0 Å². The minimum Gasteiger partial charge on any atom is -0.255 e. The topological polar surface area (TPSA) is 39.5 Å². The van der Waals surface area contributed by atoms with Gasteiger partial charge in [0.2, 0.25) is 0 Å². The lowest BCUT2D eigenvalue weighted by atomic mass is 10.7. The minimum atomic E-state index is 0.753. The molecule has 0 aromatic carbocycles. The van der Waals surface area contributed by atoms with E-state index < -0.39 is 0 Å². The monoisotopic (exact) mass is 225 g/mol. The first-order chi connectivity index (χ1) is 3.85. The lowest BCUT2D eigenvalue weighted by Gasteiger charge is -2.04. The van der Waals surface area contributed by atoms with Gasteiger partial charge in [0.15, 0.2) is 0 Å². The molecule has 4 heteroatoms. The summed E-state index contributed by atoms with van der Waals surface area (Å²) < 4.78 is 1.82. The van der Waals surface area contributed by atoms with Gasteiger partial charge >= 0.3 is 0 Å². The van der Waals surface area contributed by atoms with Crippen molar-refractivity contribution in [2.24, 2.45) is 5.22 Å². The van der Waals surface area contributed by atoms with E-state index in [0.717, 1.165) is 6.54 Å². The van der Waals surface area contributed by atoms with Gasteiger partial charge in [-0.3, -0.25) is 5.01 Å². The van der Waals surface area contributed by atoms with Crippen LogP contribution < -0.4 is 0 Å². The Morgan fingerprint density at radius 1 is 1.88 bits per heavy atom. The molecule has 0 atom stereocenters. The molecule has 0 saturated carbocycles. The van der Waals surface area contributed by atoms with E-state index >= 15 is 0 Å². The number of rotatable bonds is 3. The normalized spacial score (nSPS) is 9.75. The van der Waals surface area contributed by atoms with Crippen molar-refractivity contribution in [2.75, 3.05) is 6.54 Å². The first kappa shape index (κ1) is 7.87. The maximum Gasteiger partial charge on any atom is 0.0397 e. The van der Waals surface area contributed by atoms with E-state index in [1.54, 1.807) is 6.20 Å². The van der Waals surface area contributed by atoms with Gasteiger partial charge in [0.05, 0.1) is 0 Å². The fraction of sp³-hybridized carbons (Fsp3) is 0.500. The highest BCUT2D eigenvalue weighted by Crippen LogP contribution is 1.92. The van der Waals surface area contributed by atoms with Crippen LogP contribution in [-0.4, -0.2) is 11.6 Å². The van der Waals surface area contributed by atoms with Crippen molar-refractivity contribution >= 4 is 22.6 Å². The van der Waals surface area contributed by atoms with Crippen LogP contribution in [0, 0.1) is 5.53 Å². The molecule has 0 amide bonds. The van der Waals surface area contributed by atoms with Gasteiger partial charge < -0.3 is 0 Å². The second kappa shape index (κ2) is 5.02. The molecule has 3 nitrogen and oxygen atoms in total. The number of hydrogen-bond donors (Lipinski definition) is 1. The molecule has 0 heterocycles. The van der Waals surface area contributed by atoms with E-state index in [4.69, 9.17) is 5.53 Å².